The molecule has 0 aliphatic rings. The highest BCUT2D eigenvalue weighted by atomic mass is 32.3. The Morgan fingerprint density at radius 2 is 1.50 bits per heavy atom. The van der Waals surface area contributed by atoms with Gasteiger partial charge in [-0.3, -0.25) is 0 Å². The van der Waals surface area contributed by atoms with Gasteiger partial charge in [-0.1, -0.05) is 0 Å². The summed E-state index contributed by atoms with van der Waals surface area (Å²) < 4.78 is 72.6. The lowest BCUT2D eigenvalue weighted by molar-refractivity contribution is -0.0495. The van der Waals surface area contributed by atoms with Crippen LogP contribution in [-0.2, 0) is 24.9 Å². The van der Waals surface area contributed by atoms with Gasteiger partial charge in [-0.05, 0) is 3.63 Å². The van der Waals surface area contributed by atoms with Crippen molar-refractivity contribution in [3.8, 4) is 11.5 Å². The molecule has 0 bridgehead atoms. The van der Waals surface area contributed by atoms with Gasteiger partial charge < -0.3 is 9.47 Å². The highest BCUT2D eigenvalue weighted by Gasteiger charge is 2.52. The molecule has 10 heteroatoms. The Morgan fingerprint density at radius 3 is 1.85 bits per heavy atom. The zero-order valence-electron chi connectivity index (χ0n) is 10.7. The Balaban J connectivity index is 3.07. The normalized spacial score (nSPS) is 13.9. The van der Waals surface area contributed by atoms with Gasteiger partial charge in [0.15, 0.2) is 4.90 Å². The molecule has 1 aromatic rings. The van der Waals surface area contributed by atoms with Gasteiger partial charge in [0.1, 0.15) is 17.8 Å². The van der Waals surface area contributed by atoms with Gasteiger partial charge in [-0.15, -0.1) is 0 Å². The number of ether oxygens (including phenoxy) is 2. The molecule has 20 heavy (non-hydrogen) atoms. The molecule has 114 valence electrons. The summed E-state index contributed by atoms with van der Waals surface area (Å²) in [5, 5.41) is 0. The SMILES string of the molecule is COc1cc(OC)cc([S+](C)OS(=O)(=O)C(F)(F)F)c1. The quantitative estimate of drug-likeness (QED) is 0.610. The van der Waals surface area contributed by atoms with E-state index in [0.29, 0.717) is 11.5 Å². The molecule has 0 aliphatic heterocycles. The second-order valence-corrected chi connectivity index (χ2v) is 6.77. The van der Waals surface area contributed by atoms with Crippen LogP contribution in [0.1, 0.15) is 0 Å². The minimum atomic E-state index is -5.65. The second kappa shape index (κ2) is 6.10. The Bertz CT molecular complexity index is 548. The van der Waals surface area contributed by atoms with Crippen LogP contribution in [0.5, 0.6) is 11.5 Å². The molecular formula is C10H12F3O5S2+. The smallest absolute Gasteiger partial charge is 0.496 e. The average molecular weight is 333 g/mol. The summed E-state index contributed by atoms with van der Waals surface area (Å²) >= 11 is -1.64. The highest BCUT2D eigenvalue weighted by Crippen LogP contribution is 2.31. The molecule has 0 radical (unpaired) electrons. The lowest BCUT2D eigenvalue weighted by Crippen LogP contribution is -2.27. The number of rotatable bonds is 5. The molecule has 0 spiro atoms. The average Bonchev–Trinajstić information content (AvgIpc) is 2.36. The summed E-state index contributed by atoms with van der Waals surface area (Å²) in [6.45, 7) is 0. The first-order valence-electron chi connectivity index (χ1n) is 5.01. The van der Waals surface area contributed by atoms with E-state index in [-0.39, 0.29) is 4.90 Å². The van der Waals surface area contributed by atoms with E-state index in [0.717, 1.165) is 0 Å². The third-order valence-corrected chi connectivity index (χ3v) is 5.13. The van der Waals surface area contributed by atoms with Gasteiger partial charge >= 0.3 is 15.6 Å². The van der Waals surface area contributed by atoms with Crippen molar-refractivity contribution in [2.24, 2.45) is 0 Å². The number of halogens is 3. The number of hydrogen-bond acceptors (Lipinski definition) is 5. The van der Waals surface area contributed by atoms with Gasteiger partial charge in [0.05, 0.1) is 14.2 Å². The standard InChI is InChI=1S/C10H12F3O5S2/c1-16-7-4-8(17-2)6-9(5-7)19(3)18-20(14,15)10(11,12)13/h4-6H,1-3H3/q+1. The monoisotopic (exact) mass is 333 g/mol. The Hall–Kier alpha value is -1.13. The van der Waals surface area contributed by atoms with Gasteiger partial charge in [0, 0.05) is 18.2 Å². The maximum Gasteiger partial charge on any atom is 0.527 e. The third-order valence-electron chi connectivity index (χ3n) is 2.13. The van der Waals surface area contributed by atoms with Gasteiger partial charge in [0.2, 0.25) is 11.2 Å². The first-order valence-corrected chi connectivity index (χ1v) is 7.97. The number of benzene rings is 1. The van der Waals surface area contributed by atoms with Crippen LogP contribution < -0.4 is 9.47 Å². The summed E-state index contributed by atoms with van der Waals surface area (Å²) in [5.41, 5.74) is -5.46. The van der Waals surface area contributed by atoms with Crippen LogP contribution in [0.25, 0.3) is 0 Å². The molecule has 1 aromatic carbocycles. The topological polar surface area (TPSA) is 61.8 Å². The fourth-order valence-corrected chi connectivity index (χ4v) is 3.42. The Morgan fingerprint density at radius 1 is 1.05 bits per heavy atom. The first kappa shape index (κ1) is 16.9. The molecule has 0 aliphatic carbocycles. The Kier molecular flexibility index (Phi) is 5.16. The summed E-state index contributed by atoms with van der Waals surface area (Å²) in [4.78, 5) is 0.203. The molecule has 0 saturated carbocycles. The van der Waals surface area contributed by atoms with Crippen molar-refractivity contribution in [3.05, 3.63) is 18.2 Å². The van der Waals surface area contributed by atoms with E-state index in [1.165, 1.54) is 38.7 Å². The van der Waals surface area contributed by atoms with Crippen molar-refractivity contribution in [3.63, 3.8) is 0 Å². The number of hydrogen-bond donors (Lipinski definition) is 0. The molecule has 0 amide bonds. The highest BCUT2D eigenvalue weighted by molar-refractivity contribution is 8.02. The zero-order valence-corrected chi connectivity index (χ0v) is 12.4. The summed E-state index contributed by atoms with van der Waals surface area (Å²) in [7, 11) is -2.93. The van der Waals surface area contributed by atoms with Crippen molar-refractivity contribution < 1.29 is 34.7 Å². The fraction of sp³-hybridized carbons (Fsp3) is 0.400. The van der Waals surface area contributed by atoms with Crippen LogP contribution in [0.3, 0.4) is 0 Å². The summed E-state index contributed by atoms with van der Waals surface area (Å²) in [6.07, 6.45) is 1.21. The van der Waals surface area contributed by atoms with Crippen molar-refractivity contribution in [1.29, 1.82) is 0 Å². The van der Waals surface area contributed by atoms with E-state index in [1.54, 1.807) is 0 Å². The van der Waals surface area contributed by atoms with E-state index in [4.69, 9.17) is 9.47 Å². The third kappa shape index (κ3) is 3.93. The van der Waals surface area contributed by atoms with E-state index < -0.39 is 26.8 Å². The Labute approximate surface area is 117 Å². The first-order chi connectivity index (χ1) is 9.10. The maximum absolute atomic E-state index is 12.2. The minimum Gasteiger partial charge on any atom is -0.496 e. The van der Waals surface area contributed by atoms with E-state index >= 15 is 0 Å². The van der Waals surface area contributed by atoms with E-state index in [2.05, 4.69) is 3.63 Å². The van der Waals surface area contributed by atoms with Crippen LogP contribution in [-0.4, -0.2) is 34.4 Å². The molecule has 1 atom stereocenters. The van der Waals surface area contributed by atoms with Crippen molar-refractivity contribution >= 4 is 21.3 Å². The van der Waals surface area contributed by atoms with Crippen LogP contribution in [0.2, 0.25) is 0 Å². The van der Waals surface area contributed by atoms with Crippen LogP contribution in [0.4, 0.5) is 13.2 Å². The molecule has 0 aromatic heterocycles. The second-order valence-electron chi connectivity index (χ2n) is 3.47. The van der Waals surface area contributed by atoms with Crippen molar-refractivity contribution in [2.75, 3.05) is 20.5 Å². The maximum atomic E-state index is 12.2. The predicted molar refractivity (Wildman–Crippen MR) is 67.2 cm³/mol. The molecule has 1 rings (SSSR count). The molecule has 0 saturated heterocycles. The van der Waals surface area contributed by atoms with E-state index in [1.807, 2.05) is 0 Å². The molecule has 0 heterocycles. The van der Waals surface area contributed by atoms with Crippen LogP contribution in [0, 0.1) is 0 Å². The molecule has 0 fully saturated rings. The fourth-order valence-electron chi connectivity index (χ4n) is 1.16. The van der Waals surface area contributed by atoms with Crippen LogP contribution >= 0.6 is 0 Å². The zero-order chi connectivity index (χ0) is 15.6. The largest absolute Gasteiger partial charge is 0.527 e. The van der Waals surface area contributed by atoms with Crippen LogP contribution in [0.15, 0.2) is 23.1 Å². The lowest BCUT2D eigenvalue weighted by Gasteiger charge is -2.08. The number of methoxy groups -OCH3 is 2. The summed E-state index contributed by atoms with van der Waals surface area (Å²) in [5.74, 6) is 0.624. The van der Waals surface area contributed by atoms with Crippen molar-refractivity contribution in [2.45, 2.75) is 10.4 Å². The summed E-state index contributed by atoms with van der Waals surface area (Å²) in [6, 6.07) is 4.24. The molecule has 0 N–H and O–H groups in total. The molecular weight excluding hydrogens is 321 g/mol. The minimum absolute atomic E-state index is 0.203. The van der Waals surface area contributed by atoms with Crippen molar-refractivity contribution in [1.82, 2.24) is 0 Å². The van der Waals surface area contributed by atoms with Gasteiger partial charge in [-0.25, -0.2) is 0 Å². The predicted octanol–water partition coefficient (Wildman–Crippen LogP) is 2.09. The van der Waals surface area contributed by atoms with E-state index in [9.17, 15) is 21.6 Å². The van der Waals surface area contributed by atoms with Gasteiger partial charge in [-0.2, -0.15) is 21.6 Å². The van der Waals surface area contributed by atoms with Gasteiger partial charge in [0.25, 0.3) is 0 Å². The number of alkyl halides is 3. The molecule has 1 unspecified atom stereocenters. The molecule has 5 nitrogen and oxygen atoms in total. The lowest BCUT2D eigenvalue weighted by atomic mass is 10.3.